The van der Waals surface area contributed by atoms with Gasteiger partial charge in [0.15, 0.2) is 0 Å². The largest absolute Gasteiger partial charge is 2.00 e. The zero-order valence-corrected chi connectivity index (χ0v) is 30.4. The van der Waals surface area contributed by atoms with E-state index >= 15 is 0 Å². The van der Waals surface area contributed by atoms with E-state index < -0.39 is 11.9 Å². The Kier molecular flexibility index (Phi) is 16.7. The summed E-state index contributed by atoms with van der Waals surface area (Å²) in [4.78, 5) is 8.03. The Bertz CT molecular complexity index is 1600. The smallest absolute Gasteiger partial charge is 0.574 e. The summed E-state index contributed by atoms with van der Waals surface area (Å²) in [6.45, 7) is 11.0. The number of nitrogens with zero attached hydrogens (tertiary/aromatic N) is 6. The van der Waals surface area contributed by atoms with Gasteiger partial charge in [-0.25, -0.2) is 0 Å². The Morgan fingerprint density at radius 1 is 0.565 bits per heavy atom. The first-order valence-electron chi connectivity index (χ1n) is 13.9. The summed E-state index contributed by atoms with van der Waals surface area (Å²) in [5.41, 5.74) is 2.15. The zero-order valence-electron chi connectivity index (χ0n) is 26.1. The first-order valence-corrected chi connectivity index (χ1v) is 18.3. The molecule has 4 heterocycles. The van der Waals surface area contributed by atoms with Gasteiger partial charge in [-0.05, 0) is 74.5 Å². The van der Waals surface area contributed by atoms with Crippen molar-refractivity contribution in [3.63, 3.8) is 0 Å². The average Bonchev–Trinajstić information content (AvgIpc) is 3.74. The van der Waals surface area contributed by atoms with Crippen molar-refractivity contribution in [2.75, 3.05) is 26.7 Å². The van der Waals surface area contributed by atoms with Gasteiger partial charge in [-0.3, -0.25) is 9.97 Å². The van der Waals surface area contributed by atoms with Gasteiger partial charge in [0.05, 0.1) is 0 Å². The third-order valence-corrected chi connectivity index (χ3v) is 8.55. The minimum atomic E-state index is -4.46. The second-order valence-corrected chi connectivity index (χ2v) is 14.5. The molecule has 0 saturated heterocycles. The van der Waals surface area contributed by atoms with E-state index in [1.165, 1.54) is 16.8 Å². The molecule has 0 aliphatic rings. The number of aryl methyl sites for hydroxylation is 1. The molecule has 0 atom stereocenters. The summed E-state index contributed by atoms with van der Waals surface area (Å²) in [6.07, 6.45) is -1.23. The van der Waals surface area contributed by atoms with Crippen LogP contribution < -0.4 is 20.8 Å². The fourth-order valence-electron chi connectivity index (χ4n) is 3.55. The molecular weight excluding hydrogens is 802 g/mol. The number of halogens is 3. The molecule has 0 aliphatic heterocycles. The number of aromatic nitrogens is 6. The number of alkyl halides is 3. The molecule has 0 saturated carbocycles. The van der Waals surface area contributed by atoms with Crippen molar-refractivity contribution in [3.8, 4) is 22.8 Å². The van der Waals surface area contributed by atoms with Crippen LogP contribution in [0.1, 0.15) is 11.4 Å². The number of rotatable bonds is 4. The van der Waals surface area contributed by atoms with E-state index in [4.69, 9.17) is 0 Å². The SMILES string of the molecule is CP(C)c1ccccc1.CP(C)c1ccccc1.Cc1cc(-c2ccccn2)[n-]n1.FC(F)(F)c1cc(-c2ccccn2)[n-]n1.[Os+2]. The summed E-state index contributed by atoms with van der Waals surface area (Å²) in [7, 11) is 0.209. The van der Waals surface area contributed by atoms with Crippen LogP contribution in [0.3, 0.4) is 0 Å². The summed E-state index contributed by atoms with van der Waals surface area (Å²) in [5.74, 6) is 0. The van der Waals surface area contributed by atoms with Crippen LogP contribution in [0.15, 0.2) is 122 Å². The van der Waals surface area contributed by atoms with E-state index in [1.54, 1.807) is 24.4 Å². The van der Waals surface area contributed by atoms with Crippen LogP contribution in [-0.2, 0) is 26.0 Å². The second-order valence-electron chi connectivity index (χ2n) is 9.87. The molecule has 0 spiro atoms. The van der Waals surface area contributed by atoms with Crippen molar-refractivity contribution in [1.29, 1.82) is 0 Å². The van der Waals surface area contributed by atoms with Crippen molar-refractivity contribution in [2.24, 2.45) is 0 Å². The van der Waals surface area contributed by atoms with Crippen LogP contribution in [0.4, 0.5) is 13.2 Å². The maximum absolute atomic E-state index is 12.2. The maximum Gasteiger partial charge on any atom is 2.00 e. The predicted molar refractivity (Wildman–Crippen MR) is 181 cm³/mol. The van der Waals surface area contributed by atoms with Gasteiger partial charge in [-0.2, -0.15) is 13.2 Å². The summed E-state index contributed by atoms with van der Waals surface area (Å²) in [6, 6.07) is 34.7. The van der Waals surface area contributed by atoms with Gasteiger partial charge in [-0.15, -0.1) is 0 Å². The van der Waals surface area contributed by atoms with E-state index in [2.05, 4.69) is 118 Å². The number of benzene rings is 2. The molecule has 0 N–H and O–H groups in total. The van der Waals surface area contributed by atoms with E-state index in [0.29, 0.717) is 5.69 Å². The first-order chi connectivity index (χ1) is 21.5. The van der Waals surface area contributed by atoms with Crippen molar-refractivity contribution in [2.45, 2.75) is 13.1 Å². The quantitative estimate of drug-likeness (QED) is 0.170. The summed E-state index contributed by atoms with van der Waals surface area (Å²) >= 11 is 0. The molecule has 240 valence electrons. The molecule has 0 bridgehead atoms. The van der Waals surface area contributed by atoms with Gasteiger partial charge in [0.25, 0.3) is 0 Å². The Labute approximate surface area is 284 Å². The molecule has 0 aliphatic carbocycles. The molecule has 6 nitrogen and oxygen atoms in total. The van der Waals surface area contributed by atoms with Gasteiger partial charge in [0.1, 0.15) is 5.69 Å². The van der Waals surface area contributed by atoms with Gasteiger partial charge >= 0.3 is 26.0 Å². The topological polar surface area (TPSA) is 79.8 Å². The molecule has 46 heavy (non-hydrogen) atoms. The number of pyridine rings is 2. The van der Waals surface area contributed by atoms with Crippen LogP contribution in [-0.4, -0.2) is 46.8 Å². The molecule has 4 aromatic heterocycles. The van der Waals surface area contributed by atoms with Crippen LogP contribution in [0.2, 0.25) is 0 Å². The summed E-state index contributed by atoms with van der Waals surface area (Å²) in [5, 5.41) is 17.3. The number of hydrogen-bond acceptors (Lipinski definition) is 4. The van der Waals surface area contributed by atoms with Crippen LogP contribution >= 0.6 is 15.8 Å². The van der Waals surface area contributed by atoms with Crippen molar-refractivity contribution >= 4 is 26.5 Å². The fourth-order valence-corrected chi connectivity index (χ4v) is 5.09. The molecule has 0 amide bonds. The number of hydrogen-bond donors (Lipinski definition) is 0. The second kappa shape index (κ2) is 19.8. The normalized spacial score (nSPS) is 10.4. The first kappa shape index (κ1) is 38.6. The molecule has 6 rings (SSSR count). The Hall–Kier alpha value is -3.55. The summed E-state index contributed by atoms with van der Waals surface area (Å²) < 4.78 is 36.6. The minimum Gasteiger partial charge on any atom is -0.574 e. The van der Waals surface area contributed by atoms with Gasteiger partial charge in [0, 0.05) is 29.5 Å². The molecule has 6 aromatic rings. The van der Waals surface area contributed by atoms with Crippen LogP contribution in [0.25, 0.3) is 22.8 Å². The van der Waals surface area contributed by atoms with E-state index in [9.17, 15) is 13.2 Å². The van der Waals surface area contributed by atoms with Crippen molar-refractivity contribution in [1.82, 2.24) is 30.4 Å². The van der Waals surface area contributed by atoms with Crippen LogP contribution in [0, 0.1) is 6.92 Å². The standard InChI is InChI=1S/C9H5F3N3.C9H8N3.2C8H11P.Os/c10-9(11,12)8-5-7(14-15-8)6-3-1-2-4-13-6;1-7-6-9(12-11-7)8-4-2-3-5-10-8;2*1-9(2)8-6-4-3-5-7-8;/h1-5H;2-6H,1H3;2*3-7H,1-2H3;/q2*-1;;;+2. The monoisotopic (exact) mass is 838 g/mol. The average molecular weight is 837 g/mol. The maximum atomic E-state index is 12.2. The molecule has 12 heteroatoms. The van der Waals surface area contributed by atoms with E-state index in [1.807, 2.05) is 31.2 Å². The molecular formula is C34H35F3N6OsP2. The molecule has 0 unspecified atom stereocenters. The predicted octanol–water partition coefficient (Wildman–Crippen LogP) is 7.63. The zero-order chi connectivity index (χ0) is 32.7. The Morgan fingerprint density at radius 3 is 1.28 bits per heavy atom. The van der Waals surface area contributed by atoms with Gasteiger partial charge in [0.2, 0.25) is 0 Å². The van der Waals surface area contributed by atoms with Gasteiger partial charge < -0.3 is 20.4 Å². The van der Waals surface area contributed by atoms with Gasteiger partial charge in [-0.1, -0.05) is 106 Å². The third kappa shape index (κ3) is 13.4. The third-order valence-electron chi connectivity index (χ3n) is 5.89. The van der Waals surface area contributed by atoms with Crippen molar-refractivity contribution in [3.05, 3.63) is 133 Å². The van der Waals surface area contributed by atoms with E-state index in [0.717, 1.165) is 23.1 Å². The minimum absolute atomic E-state index is 0. The molecule has 0 radical (unpaired) electrons. The Morgan fingerprint density at radius 2 is 0.978 bits per heavy atom. The van der Waals surface area contributed by atoms with E-state index in [-0.39, 0.29) is 41.3 Å². The Balaban J connectivity index is 0.000000217. The fraction of sp³-hybridized carbons (Fsp3) is 0.176. The van der Waals surface area contributed by atoms with Crippen molar-refractivity contribution < 1.29 is 33.0 Å². The van der Waals surface area contributed by atoms with Crippen LogP contribution in [0.5, 0.6) is 0 Å². The molecule has 0 fully saturated rings. The molecule has 2 aromatic carbocycles.